The number of hydrogen-bond donors (Lipinski definition) is 2. The van der Waals surface area contributed by atoms with E-state index in [-0.39, 0.29) is 0 Å². The van der Waals surface area contributed by atoms with Gasteiger partial charge in [-0.25, -0.2) is 4.98 Å². The minimum atomic E-state index is 0.587. The lowest BCUT2D eigenvalue weighted by Gasteiger charge is -2.30. The second kappa shape index (κ2) is 13.1. The van der Waals surface area contributed by atoms with Crippen LogP contribution in [0.4, 0.5) is 0 Å². The highest BCUT2D eigenvalue weighted by Crippen LogP contribution is 2.20. The monoisotopic (exact) mass is 434 g/mol. The standard InChI is InChI=1S/C24H46N6O/c1-8-25-24(26-12-9-13-30(18(2)3)19(4)5)27-16-22-10-14-29(15-11-22)17-23-28-20(6)21(7)31-23/h18-19,22H,8-17H2,1-7H3,(H2,25,26,27). The normalized spacial score (nSPS) is 16.6. The Bertz CT molecular complexity index is 634. The van der Waals surface area contributed by atoms with Crippen LogP contribution in [0.1, 0.15) is 71.2 Å². The molecule has 1 aliphatic heterocycles. The highest BCUT2D eigenvalue weighted by Gasteiger charge is 2.21. The third kappa shape index (κ3) is 8.81. The zero-order chi connectivity index (χ0) is 22.8. The number of hydrogen-bond acceptors (Lipinski definition) is 5. The molecule has 0 radical (unpaired) electrons. The van der Waals surface area contributed by atoms with Crippen LogP contribution in [0.25, 0.3) is 0 Å². The van der Waals surface area contributed by atoms with Crippen molar-refractivity contribution < 1.29 is 4.42 Å². The zero-order valence-electron chi connectivity index (χ0n) is 21.0. The van der Waals surface area contributed by atoms with Crippen molar-refractivity contribution in [3.63, 3.8) is 0 Å². The van der Waals surface area contributed by atoms with E-state index < -0.39 is 0 Å². The maximum absolute atomic E-state index is 5.74. The number of nitrogens with zero attached hydrogens (tertiary/aromatic N) is 4. The molecule has 178 valence electrons. The summed E-state index contributed by atoms with van der Waals surface area (Å²) in [6.07, 6.45) is 3.48. The van der Waals surface area contributed by atoms with Crippen molar-refractivity contribution in [1.82, 2.24) is 25.4 Å². The Balaban J connectivity index is 1.71. The van der Waals surface area contributed by atoms with Crippen LogP contribution < -0.4 is 10.6 Å². The van der Waals surface area contributed by atoms with E-state index in [1.807, 2.05) is 13.8 Å². The van der Waals surface area contributed by atoms with Gasteiger partial charge in [0, 0.05) is 38.3 Å². The number of rotatable bonds is 11. The van der Waals surface area contributed by atoms with Crippen molar-refractivity contribution in [2.75, 3.05) is 39.3 Å². The molecular formula is C24H46N6O. The Morgan fingerprint density at radius 3 is 2.39 bits per heavy atom. The molecule has 0 aromatic carbocycles. The second-order valence-electron chi connectivity index (χ2n) is 9.39. The first kappa shape index (κ1) is 25.7. The zero-order valence-corrected chi connectivity index (χ0v) is 21.0. The SMILES string of the molecule is CCNC(=NCC1CCN(Cc2nc(C)c(C)o2)CC1)NCCCN(C(C)C)C(C)C. The van der Waals surface area contributed by atoms with Crippen molar-refractivity contribution in [3.05, 3.63) is 17.3 Å². The van der Waals surface area contributed by atoms with Gasteiger partial charge in [-0.1, -0.05) is 0 Å². The van der Waals surface area contributed by atoms with Crippen molar-refractivity contribution in [2.24, 2.45) is 10.9 Å². The number of aromatic nitrogens is 1. The molecule has 1 aromatic rings. The summed E-state index contributed by atoms with van der Waals surface area (Å²) in [7, 11) is 0. The average Bonchev–Trinajstić information content (AvgIpc) is 3.03. The summed E-state index contributed by atoms with van der Waals surface area (Å²) in [6, 6.07) is 1.17. The summed E-state index contributed by atoms with van der Waals surface area (Å²) in [4.78, 5) is 14.4. The summed E-state index contributed by atoms with van der Waals surface area (Å²) in [5.74, 6) is 3.39. The van der Waals surface area contributed by atoms with Gasteiger partial charge in [-0.15, -0.1) is 0 Å². The summed E-state index contributed by atoms with van der Waals surface area (Å²) in [5, 5.41) is 6.92. The van der Waals surface area contributed by atoms with Gasteiger partial charge >= 0.3 is 0 Å². The Kier molecular flexibility index (Phi) is 10.8. The van der Waals surface area contributed by atoms with Crippen LogP contribution >= 0.6 is 0 Å². The fourth-order valence-electron chi connectivity index (χ4n) is 4.27. The Labute approximate surface area is 190 Å². The molecule has 1 aromatic heterocycles. The van der Waals surface area contributed by atoms with Crippen molar-refractivity contribution in [1.29, 1.82) is 0 Å². The molecule has 2 heterocycles. The fourth-order valence-corrected chi connectivity index (χ4v) is 4.27. The molecule has 0 saturated carbocycles. The number of oxazole rings is 1. The largest absolute Gasteiger partial charge is 0.444 e. The number of nitrogens with one attached hydrogen (secondary N) is 2. The van der Waals surface area contributed by atoms with E-state index in [9.17, 15) is 0 Å². The number of guanidine groups is 1. The highest BCUT2D eigenvalue weighted by atomic mass is 16.4. The molecular weight excluding hydrogens is 388 g/mol. The van der Waals surface area contributed by atoms with Crippen LogP contribution in [0.2, 0.25) is 0 Å². The maximum Gasteiger partial charge on any atom is 0.208 e. The summed E-state index contributed by atoms with van der Waals surface area (Å²) in [6.45, 7) is 22.1. The lowest BCUT2D eigenvalue weighted by Crippen LogP contribution is -2.41. The van der Waals surface area contributed by atoms with E-state index >= 15 is 0 Å². The van der Waals surface area contributed by atoms with Gasteiger partial charge in [-0.2, -0.15) is 0 Å². The van der Waals surface area contributed by atoms with E-state index in [2.05, 4.69) is 60.0 Å². The second-order valence-corrected chi connectivity index (χ2v) is 9.39. The van der Waals surface area contributed by atoms with Gasteiger partial charge in [0.25, 0.3) is 0 Å². The third-order valence-corrected chi connectivity index (χ3v) is 6.20. The van der Waals surface area contributed by atoms with Gasteiger partial charge in [0.15, 0.2) is 5.96 Å². The molecule has 0 atom stereocenters. The van der Waals surface area contributed by atoms with E-state index in [1.165, 1.54) is 12.8 Å². The lowest BCUT2D eigenvalue weighted by atomic mass is 9.97. The smallest absolute Gasteiger partial charge is 0.208 e. The van der Waals surface area contributed by atoms with Crippen LogP contribution in [0.15, 0.2) is 9.41 Å². The predicted octanol–water partition coefficient (Wildman–Crippen LogP) is 3.57. The van der Waals surface area contributed by atoms with Gasteiger partial charge in [0.05, 0.1) is 12.2 Å². The van der Waals surface area contributed by atoms with Crippen LogP contribution in [0.3, 0.4) is 0 Å². The summed E-state index contributed by atoms with van der Waals surface area (Å²) < 4.78 is 5.74. The van der Waals surface area contributed by atoms with Crippen molar-refractivity contribution in [2.45, 2.75) is 86.4 Å². The highest BCUT2D eigenvalue weighted by molar-refractivity contribution is 5.79. The molecule has 0 aliphatic carbocycles. The first-order chi connectivity index (χ1) is 14.8. The van der Waals surface area contributed by atoms with E-state index in [1.54, 1.807) is 0 Å². The Morgan fingerprint density at radius 1 is 1.16 bits per heavy atom. The summed E-state index contributed by atoms with van der Waals surface area (Å²) in [5.41, 5.74) is 1.00. The Hall–Kier alpha value is -1.60. The molecule has 1 fully saturated rings. The van der Waals surface area contributed by atoms with Gasteiger partial charge < -0.3 is 15.1 Å². The fraction of sp³-hybridized carbons (Fsp3) is 0.833. The molecule has 2 rings (SSSR count). The molecule has 0 bridgehead atoms. The maximum atomic E-state index is 5.74. The topological polar surface area (TPSA) is 68.9 Å². The van der Waals surface area contributed by atoms with E-state index in [4.69, 9.17) is 9.41 Å². The summed E-state index contributed by atoms with van der Waals surface area (Å²) >= 11 is 0. The van der Waals surface area contributed by atoms with Crippen molar-refractivity contribution in [3.8, 4) is 0 Å². The molecule has 7 nitrogen and oxygen atoms in total. The van der Waals surface area contributed by atoms with Gasteiger partial charge in [-0.05, 0) is 86.7 Å². The van der Waals surface area contributed by atoms with Crippen LogP contribution in [0.5, 0.6) is 0 Å². The van der Waals surface area contributed by atoms with Crippen molar-refractivity contribution >= 4 is 5.96 Å². The molecule has 0 spiro atoms. The number of aryl methyl sites for hydroxylation is 2. The molecule has 0 unspecified atom stereocenters. The van der Waals surface area contributed by atoms with Crippen LogP contribution in [0, 0.1) is 19.8 Å². The molecule has 1 aliphatic rings. The van der Waals surface area contributed by atoms with E-state index in [0.717, 1.165) is 75.5 Å². The first-order valence-electron chi connectivity index (χ1n) is 12.2. The average molecular weight is 435 g/mol. The molecule has 1 saturated heterocycles. The van der Waals surface area contributed by atoms with Gasteiger partial charge in [0.1, 0.15) is 5.76 Å². The first-order valence-corrected chi connectivity index (χ1v) is 12.2. The van der Waals surface area contributed by atoms with Crippen LogP contribution in [-0.2, 0) is 6.54 Å². The molecule has 31 heavy (non-hydrogen) atoms. The Morgan fingerprint density at radius 2 is 1.84 bits per heavy atom. The van der Waals surface area contributed by atoms with Crippen LogP contribution in [-0.4, -0.2) is 72.1 Å². The molecule has 2 N–H and O–H groups in total. The van der Waals surface area contributed by atoms with E-state index in [0.29, 0.717) is 18.0 Å². The predicted molar refractivity (Wildman–Crippen MR) is 130 cm³/mol. The quantitative estimate of drug-likeness (QED) is 0.315. The third-order valence-electron chi connectivity index (χ3n) is 6.20. The minimum Gasteiger partial charge on any atom is -0.444 e. The lowest BCUT2D eigenvalue weighted by molar-refractivity contribution is 0.166. The minimum absolute atomic E-state index is 0.587. The van der Waals surface area contributed by atoms with Gasteiger partial charge in [0.2, 0.25) is 5.89 Å². The number of aliphatic imine (C=N–C) groups is 1. The number of piperidine rings is 1. The molecule has 7 heteroatoms. The molecule has 0 amide bonds. The van der Waals surface area contributed by atoms with Gasteiger partial charge in [-0.3, -0.25) is 14.8 Å². The number of likely N-dealkylation sites (tertiary alicyclic amines) is 1.